The highest BCUT2D eigenvalue weighted by Gasteiger charge is 2.39. The van der Waals surface area contributed by atoms with Crippen molar-refractivity contribution in [1.29, 1.82) is 0 Å². The maximum atomic E-state index is 13.6. The van der Waals surface area contributed by atoms with Crippen LogP contribution >= 0.6 is 11.6 Å². The summed E-state index contributed by atoms with van der Waals surface area (Å²) in [4.78, 5) is 3.09. The second kappa shape index (κ2) is 4.78. The van der Waals surface area contributed by atoms with Crippen molar-refractivity contribution in [2.24, 2.45) is 5.73 Å². The lowest BCUT2D eigenvalue weighted by Crippen LogP contribution is -2.16. The minimum absolute atomic E-state index is 0.0362. The second-order valence-electron chi connectivity index (χ2n) is 3.57. The maximum Gasteiger partial charge on any atom is 0.471 e. The average Bonchev–Trinajstić information content (AvgIpc) is 2.77. The zero-order chi connectivity index (χ0) is 14.2. The van der Waals surface area contributed by atoms with E-state index >= 15 is 0 Å². The van der Waals surface area contributed by atoms with Crippen LogP contribution in [0.15, 0.2) is 22.7 Å². The molecule has 0 aliphatic carbocycles. The number of nitrogens with zero attached hydrogens (tertiary/aromatic N) is 2. The summed E-state index contributed by atoms with van der Waals surface area (Å²) < 4.78 is 54.4. The molecule has 2 rings (SSSR count). The maximum absolute atomic E-state index is 13.6. The minimum Gasteiger partial charge on any atom is -0.329 e. The number of rotatable bonds is 2. The highest BCUT2D eigenvalue weighted by Crippen LogP contribution is 2.31. The molecule has 19 heavy (non-hydrogen) atoms. The SMILES string of the molecule is NC(c1noc(C(F)(F)F)n1)c1c(F)cccc1Cl. The average molecular weight is 296 g/mol. The fraction of sp³-hybridized carbons (Fsp3) is 0.200. The molecular formula is C10H6ClF4N3O. The molecule has 0 aliphatic heterocycles. The Kier molecular flexibility index (Phi) is 3.46. The largest absolute Gasteiger partial charge is 0.471 e. The number of aromatic nitrogens is 2. The molecule has 0 fully saturated rings. The second-order valence-corrected chi connectivity index (χ2v) is 3.98. The van der Waals surface area contributed by atoms with Gasteiger partial charge in [-0.1, -0.05) is 22.8 Å². The van der Waals surface area contributed by atoms with Crippen LogP contribution in [0.2, 0.25) is 5.02 Å². The first-order chi connectivity index (χ1) is 8.80. The lowest BCUT2D eigenvalue weighted by atomic mass is 10.1. The van der Waals surface area contributed by atoms with E-state index in [2.05, 4.69) is 14.7 Å². The Morgan fingerprint density at radius 1 is 1.32 bits per heavy atom. The molecule has 0 saturated heterocycles. The van der Waals surface area contributed by atoms with Crippen molar-refractivity contribution in [1.82, 2.24) is 10.1 Å². The quantitative estimate of drug-likeness (QED) is 0.865. The van der Waals surface area contributed by atoms with Crippen molar-refractivity contribution in [3.63, 3.8) is 0 Å². The Bertz CT molecular complexity index is 578. The zero-order valence-corrected chi connectivity index (χ0v) is 9.84. The van der Waals surface area contributed by atoms with E-state index in [1.165, 1.54) is 12.1 Å². The van der Waals surface area contributed by atoms with Crippen molar-refractivity contribution in [2.75, 3.05) is 0 Å². The number of halogens is 5. The van der Waals surface area contributed by atoms with Gasteiger partial charge in [-0.2, -0.15) is 18.2 Å². The molecule has 2 N–H and O–H groups in total. The van der Waals surface area contributed by atoms with Gasteiger partial charge in [0.1, 0.15) is 5.82 Å². The number of hydrogen-bond donors (Lipinski definition) is 1. The lowest BCUT2D eigenvalue weighted by Gasteiger charge is -2.10. The van der Waals surface area contributed by atoms with Gasteiger partial charge in [0.2, 0.25) is 0 Å². The van der Waals surface area contributed by atoms with E-state index < -0.39 is 29.8 Å². The highest BCUT2D eigenvalue weighted by atomic mass is 35.5. The van der Waals surface area contributed by atoms with Gasteiger partial charge in [-0.25, -0.2) is 4.39 Å². The molecule has 0 spiro atoms. The van der Waals surface area contributed by atoms with Crippen LogP contribution in [0.1, 0.15) is 23.3 Å². The molecule has 1 atom stereocenters. The van der Waals surface area contributed by atoms with Gasteiger partial charge in [-0.3, -0.25) is 0 Å². The summed E-state index contributed by atoms with van der Waals surface area (Å²) in [7, 11) is 0. The molecule has 0 saturated carbocycles. The van der Waals surface area contributed by atoms with Gasteiger partial charge in [0.05, 0.1) is 6.04 Å². The first kappa shape index (κ1) is 13.8. The minimum atomic E-state index is -4.79. The molecule has 0 bridgehead atoms. The van der Waals surface area contributed by atoms with E-state index in [-0.39, 0.29) is 10.6 Å². The van der Waals surface area contributed by atoms with Crippen LogP contribution in [0.3, 0.4) is 0 Å². The van der Waals surface area contributed by atoms with E-state index in [9.17, 15) is 17.6 Å². The molecule has 4 nitrogen and oxygen atoms in total. The molecule has 1 unspecified atom stereocenters. The Labute approximate surface area is 109 Å². The standard InChI is InChI=1S/C10H6ClF4N3O/c11-4-2-1-3-5(12)6(4)7(16)8-17-9(19-18-8)10(13,14)15/h1-3,7H,16H2. The molecule has 2 aromatic rings. The molecule has 0 aliphatic rings. The van der Waals surface area contributed by atoms with Crippen molar-refractivity contribution in [3.8, 4) is 0 Å². The summed E-state index contributed by atoms with van der Waals surface area (Å²) in [6.45, 7) is 0. The van der Waals surface area contributed by atoms with E-state index in [1.807, 2.05) is 0 Å². The third kappa shape index (κ3) is 2.69. The van der Waals surface area contributed by atoms with Crippen molar-refractivity contribution in [3.05, 3.63) is 46.3 Å². The van der Waals surface area contributed by atoms with Crippen molar-refractivity contribution >= 4 is 11.6 Å². The van der Waals surface area contributed by atoms with Crippen molar-refractivity contribution in [2.45, 2.75) is 12.2 Å². The number of alkyl halides is 3. The summed E-state index contributed by atoms with van der Waals surface area (Å²) in [5.41, 5.74) is 5.40. The number of benzene rings is 1. The molecule has 1 heterocycles. The van der Waals surface area contributed by atoms with Crippen LogP contribution in [0, 0.1) is 5.82 Å². The molecule has 102 valence electrons. The van der Waals surface area contributed by atoms with Crippen LogP contribution in [0.4, 0.5) is 17.6 Å². The summed E-state index contributed by atoms with van der Waals surface area (Å²) in [5, 5.41) is 3.05. The molecular weight excluding hydrogens is 290 g/mol. The normalized spacial score (nSPS) is 13.6. The predicted molar refractivity (Wildman–Crippen MR) is 56.7 cm³/mol. The van der Waals surface area contributed by atoms with Crippen LogP contribution < -0.4 is 5.73 Å². The summed E-state index contributed by atoms with van der Waals surface area (Å²) in [5.74, 6) is -2.82. The first-order valence-corrected chi connectivity index (χ1v) is 5.29. The Balaban J connectivity index is 2.40. The van der Waals surface area contributed by atoms with E-state index in [0.29, 0.717) is 0 Å². The van der Waals surface area contributed by atoms with Crippen LogP contribution in [-0.2, 0) is 6.18 Å². The summed E-state index contributed by atoms with van der Waals surface area (Å²) in [6, 6.07) is 2.41. The van der Waals surface area contributed by atoms with E-state index in [0.717, 1.165) is 6.07 Å². The van der Waals surface area contributed by atoms with Gasteiger partial charge in [0, 0.05) is 10.6 Å². The van der Waals surface area contributed by atoms with Crippen molar-refractivity contribution < 1.29 is 22.1 Å². The van der Waals surface area contributed by atoms with Gasteiger partial charge >= 0.3 is 12.1 Å². The Morgan fingerprint density at radius 2 is 2.00 bits per heavy atom. The van der Waals surface area contributed by atoms with Crippen LogP contribution in [-0.4, -0.2) is 10.1 Å². The fourth-order valence-corrected chi connectivity index (χ4v) is 1.69. The number of hydrogen-bond acceptors (Lipinski definition) is 4. The summed E-state index contributed by atoms with van der Waals surface area (Å²) >= 11 is 5.74. The summed E-state index contributed by atoms with van der Waals surface area (Å²) in [6.07, 6.45) is -4.79. The third-order valence-electron chi connectivity index (χ3n) is 2.27. The Morgan fingerprint density at radius 3 is 2.53 bits per heavy atom. The lowest BCUT2D eigenvalue weighted by molar-refractivity contribution is -0.159. The van der Waals surface area contributed by atoms with E-state index in [1.54, 1.807) is 0 Å². The molecule has 0 radical (unpaired) electrons. The predicted octanol–water partition coefficient (Wildman–Crippen LogP) is 2.93. The molecule has 9 heteroatoms. The molecule has 0 amide bonds. The topological polar surface area (TPSA) is 64.9 Å². The van der Waals surface area contributed by atoms with Gasteiger partial charge in [0.15, 0.2) is 5.82 Å². The van der Waals surface area contributed by atoms with Crippen LogP contribution in [0.25, 0.3) is 0 Å². The molecule has 1 aromatic heterocycles. The zero-order valence-electron chi connectivity index (χ0n) is 9.08. The first-order valence-electron chi connectivity index (χ1n) is 4.91. The van der Waals surface area contributed by atoms with Crippen LogP contribution in [0.5, 0.6) is 0 Å². The Hall–Kier alpha value is -1.67. The number of nitrogens with two attached hydrogens (primary N) is 1. The van der Waals surface area contributed by atoms with Gasteiger partial charge in [-0.15, -0.1) is 0 Å². The van der Waals surface area contributed by atoms with E-state index in [4.69, 9.17) is 17.3 Å². The van der Waals surface area contributed by atoms with Gasteiger partial charge < -0.3 is 10.3 Å². The fourth-order valence-electron chi connectivity index (χ4n) is 1.41. The smallest absolute Gasteiger partial charge is 0.329 e. The monoisotopic (exact) mass is 295 g/mol. The molecule has 1 aromatic carbocycles. The van der Waals surface area contributed by atoms with Gasteiger partial charge in [-0.05, 0) is 12.1 Å². The third-order valence-corrected chi connectivity index (χ3v) is 2.60. The highest BCUT2D eigenvalue weighted by molar-refractivity contribution is 6.31. The van der Waals surface area contributed by atoms with Gasteiger partial charge in [0.25, 0.3) is 0 Å².